The quantitative estimate of drug-likeness (QED) is 0.488. The van der Waals surface area contributed by atoms with Crippen LogP contribution in [0.4, 0.5) is 11.4 Å². The van der Waals surface area contributed by atoms with Gasteiger partial charge in [0, 0.05) is 0 Å². The van der Waals surface area contributed by atoms with Crippen LogP contribution in [0.5, 0.6) is 0 Å². The summed E-state index contributed by atoms with van der Waals surface area (Å²) in [6.07, 6.45) is 5.17. The van der Waals surface area contributed by atoms with Gasteiger partial charge in [-0.3, -0.25) is 10.1 Å². The molecule has 1 N–H and O–H groups in total. The van der Waals surface area contributed by atoms with Crippen LogP contribution in [-0.2, 0) is 0 Å². The molecule has 0 saturated heterocycles. The van der Waals surface area contributed by atoms with E-state index in [0.29, 0.717) is 5.69 Å². The summed E-state index contributed by atoms with van der Waals surface area (Å²) >= 11 is 5.72. The summed E-state index contributed by atoms with van der Waals surface area (Å²) in [5.74, 6) is 2.42. The number of nitrogens with zero attached hydrogens (tertiary/aromatic N) is 1. The molecule has 0 spiro atoms. The lowest BCUT2D eigenvalue weighted by Gasteiger charge is -2.09. The van der Waals surface area contributed by atoms with Crippen molar-refractivity contribution in [3.8, 4) is 12.3 Å². The molecule has 1 aromatic carbocycles. The van der Waals surface area contributed by atoms with E-state index >= 15 is 0 Å². The average Bonchev–Trinajstić information content (AvgIpc) is 2.17. The summed E-state index contributed by atoms with van der Waals surface area (Å²) in [5, 5.41) is 13.7. The van der Waals surface area contributed by atoms with Gasteiger partial charge in [0.2, 0.25) is 0 Å². The second kappa shape index (κ2) is 4.67. The fraction of sp³-hybridized carbons (Fsp3) is 0.200. The average molecular weight is 225 g/mol. The molecule has 1 atom stereocenters. The second-order valence-electron chi connectivity index (χ2n) is 2.93. The lowest BCUT2D eigenvalue weighted by Crippen LogP contribution is -2.13. The third-order valence-electron chi connectivity index (χ3n) is 1.79. The third kappa shape index (κ3) is 2.61. The number of terminal acetylenes is 1. The lowest BCUT2D eigenvalue weighted by molar-refractivity contribution is -0.383. The Labute approximate surface area is 92.4 Å². The summed E-state index contributed by atoms with van der Waals surface area (Å²) in [6, 6.07) is 4.37. The number of hydrogen-bond donors (Lipinski definition) is 1. The van der Waals surface area contributed by atoms with Crippen molar-refractivity contribution < 1.29 is 4.92 Å². The van der Waals surface area contributed by atoms with Crippen LogP contribution in [0.2, 0.25) is 5.02 Å². The molecule has 0 aliphatic rings. The van der Waals surface area contributed by atoms with E-state index in [-0.39, 0.29) is 16.8 Å². The summed E-state index contributed by atoms with van der Waals surface area (Å²) in [5.41, 5.74) is 0.180. The Bertz CT molecular complexity index is 426. The van der Waals surface area contributed by atoms with E-state index in [9.17, 15) is 10.1 Å². The van der Waals surface area contributed by atoms with Crippen molar-refractivity contribution >= 4 is 23.0 Å². The second-order valence-corrected chi connectivity index (χ2v) is 3.33. The van der Waals surface area contributed by atoms with Crippen LogP contribution < -0.4 is 5.32 Å². The van der Waals surface area contributed by atoms with Gasteiger partial charge in [-0.2, -0.15) is 0 Å². The molecule has 1 rings (SSSR count). The van der Waals surface area contributed by atoms with Crippen molar-refractivity contribution in [2.75, 3.05) is 5.32 Å². The van der Waals surface area contributed by atoms with E-state index in [1.807, 2.05) is 0 Å². The van der Waals surface area contributed by atoms with Crippen molar-refractivity contribution in [3.63, 3.8) is 0 Å². The zero-order valence-electron chi connectivity index (χ0n) is 8.03. The highest BCUT2D eigenvalue weighted by Crippen LogP contribution is 2.32. The predicted octanol–water partition coefficient (Wildman–Crippen LogP) is 2.68. The zero-order chi connectivity index (χ0) is 11.4. The summed E-state index contributed by atoms with van der Waals surface area (Å²) in [4.78, 5) is 10.2. The molecule has 0 radical (unpaired) electrons. The molecule has 0 saturated carbocycles. The number of hydrogen-bond acceptors (Lipinski definition) is 3. The first-order valence-electron chi connectivity index (χ1n) is 4.22. The fourth-order valence-corrected chi connectivity index (χ4v) is 1.34. The number of rotatable bonds is 3. The van der Waals surface area contributed by atoms with E-state index in [1.54, 1.807) is 19.1 Å². The highest BCUT2D eigenvalue weighted by molar-refractivity contribution is 6.33. The maximum atomic E-state index is 10.7. The summed E-state index contributed by atoms with van der Waals surface area (Å²) in [6.45, 7) is 1.73. The van der Waals surface area contributed by atoms with Gasteiger partial charge in [0.15, 0.2) is 0 Å². The van der Waals surface area contributed by atoms with Crippen LogP contribution in [0, 0.1) is 22.5 Å². The Morgan fingerprint density at radius 3 is 2.87 bits per heavy atom. The molecule has 0 amide bonds. The number of benzene rings is 1. The maximum absolute atomic E-state index is 10.7. The number of nitro groups is 1. The number of para-hydroxylation sites is 1. The number of nitrogens with one attached hydrogen (secondary N) is 1. The molecule has 78 valence electrons. The van der Waals surface area contributed by atoms with Crippen molar-refractivity contribution in [2.45, 2.75) is 13.0 Å². The smallest absolute Gasteiger partial charge is 0.310 e. The van der Waals surface area contributed by atoms with Crippen LogP contribution >= 0.6 is 11.6 Å². The molecule has 0 aliphatic carbocycles. The van der Waals surface area contributed by atoms with Crippen molar-refractivity contribution in [3.05, 3.63) is 33.3 Å². The number of halogens is 1. The van der Waals surface area contributed by atoms with Crippen LogP contribution in [-0.4, -0.2) is 11.0 Å². The van der Waals surface area contributed by atoms with Gasteiger partial charge >= 0.3 is 5.69 Å². The van der Waals surface area contributed by atoms with Crippen molar-refractivity contribution in [2.24, 2.45) is 0 Å². The molecule has 0 aliphatic heterocycles. The third-order valence-corrected chi connectivity index (χ3v) is 2.10. The molecule has 15 heavy (non-hydrogen) atoms. The topological polar surface area (TPSA) is 55.2 Å². The Balaban J connectivity index is 3.13. The number of nitro benzene ring substituents is 1. The molecule has 0 aromatic heterocycles. The van der Waals surface area contributed by atoms with E-state index in [1.165, 1.54) is 6.07 Å². The SMILES string of the molecule is C#CC(C)Nc1cccc(Cl)c1[N+](=O)[O-]. The van der Waals surface area contributed by atoms with Crippen LogP contribution in [0.15, 0.2) is 18.2 Å². The minimum atomic E-state index is -0.534. The first-order valence-corrected chi connectivity index (χ1v) is 4.59. The van der Waals surface area contributed by atoms with Gasteiger partial charge in [-0.15, -0.1) is 6.42 Å². The first kappa shape index (κ1) is 11.3. The standard InChI is InChI=1S/C10H9ClN2O2/c1-3-7(2)12-9-6-4-5-8(11)10(9)13(14)15/h1,4-7,12H,2H3. The van der Waals surface area contributed by atoms with Gasteiger partial charge in [0.05, 0.1) is 11.0 Å². The maximum Gasteiger partial charge on any atom is 0.310 e. The van der Waals surface area contributed by atoms with E-state index < -0.39 is 4.92 Å². The van der Waals surface area contributed by atoms with Crippen LogP contribution in [0.3, 0.4) is 0 Å². The molecule has 0 bridgehead atoms. The Kier molecular flexibility index (Phi) is 3.53. The van der Waals surface area contributed by atoms with E-state index in [0.717, 1.165) is 0 Å². The molecule has 1 unspecified atom stereocenters. The molecule has 5 heteroatoms. The molecule has 1 aromatic rings. The normalized spacial score (nSPS) is 11.5. The Morgan fingerprint density at radius 2 is 2.33 bits per heavy atom. The fourth-order valence-electron chi connectivity index (χ4n) is 1.09. The Morgan fingerprint density at radius 1 is 1.67 bits per heavy atom. The monoisotopic (exact) mass is 224 g/mol. The molecule has 0 fully saturated rings. The van der Waals surface area contributed by atoms with Gasteiger partial charge in [-0.05, 0) is 19.1 Å². The van der Waals surface area contributed by atoms with E-state index in [2.05, 4.69) is 11.2 Å². The van der Waals surface area contributed by atoms with Gasteiger partial charge in [0.25, 0.3) is 0 Å². The minimum absolute atomic E-state index is 0.0919. The molecule has 0 heterocycles. The molecular formula is C10H9ClN2O2. The highest BCUT2D eigenvalue weighted by atomic mass is 35.5. The van der Waals surface area contributed by atoms with Gasteiger partial charge in [0.1, 0.15) is 10.7 Å². The van der Waals surface area contributed by atoms with Crippen molar-refractivity contribution in [1.29, 1.82) is 0 Å². The summed E-state index contributed by atoms with van der Waals surface area (Å²) < 4.78 is 0. The number of anilines is 1. The lowest BCUT2D eigenvalue weighted by atomic mass is 10.2. The van der Waals surface area contributed by atoms with Crippen LogP contribution in [0.25, 0.3) is 0 Å². The largest absolute Gasteiger partial charge is 0.366 e. The van der Waals surface area contributed by atoms with Gasteiger partial charge < -0.3 is 5.32 Å². The van der Waals surface area contributed by atoms with Crippen molar-refractivity contribution in [1.82, 2.24) is 0 Å². The minimum Gasteiger partial charge on any atom is -0.366 e. The molecule has 4 nitrogen and oxygen atoms in total. The predicted molar refractivity (Wildman–Crippen MR) is 60.0 cm³/mol. The van der Waals surface area contributed by atoms with Crippen LogP contribution in [0.1, 0.15) is 6.92 Å². The van der Waals surface area contributed by atoms with Gasteiger partial charge in [-0.1, -0.05) is 23.6 Å². The molecular weight excluding hydrogens is 216 g/mol. The highest BCUT2D eigenvalue weighted by Gasteiger charge is 2.18. The Hall–Kier alpha value is -1.73. The van der Waals surface area contributed by atoms with Gasteiger partial charge in [-0.25, -0.2) is 0 Å². The zero-order valence-corrected chi connectivity index (χ0v) is 8.78. The van der Waals surface area contributed by atoms with E-state index in [4.69, 9.17) is 18.0 Å². The summed E-state index contributed by atoms with van der Waals surface area (Å²) in [7, 11) is 0. The first-order chi connectivity index (χ1) is 7.06.